The van der Waals surface area contributed by atoms with Gasteiger partial charge >= 0.3 is 0 Å². The number of methoxy groups -OCH3 is 4. The maximum atomic E-state index is 10.0. The lowest BCUT2D eigenvalue weighted by molar-refractivity contribution is 0.239. The van der Waals surface area contributed by atoms with Crippen LogP contribution in [0.5, 0.6) is 23.0 Å². The minimum atomic E-state index is -0.373. The van der Waals surface area contributed by atoms with Crippen LogP contribution in [-0.4, -0.2) is 53.0 Å². The Kier molecular flexibility index (Phi) is 7.41. The fourth-order valence-corrected chi connectivity index (χ4v) is 4.72. The van der Waals surface area contributed by atoms with Gasteiger partial charge in [-0.25, -0.2) is 0 Å². The van der Waals surface area contributed by atoms with Crippen molar-refractivity contribution in [3.05, 3.63) is 75.9 Å². The second-order valence-electron chi connectivity index (χ2n) is 8.48. The normalized spacial score (nSPS) is 18.9. The molecule has 0 fully saturated rings. The topological polar surface area (TPSA) is 99.2 Å². The Hall–Kier alpha value is -4.09. The van der Waals surface area contributed by atoms with Crippen LogP contribution in [0, 0.1) is 11.3 Å². The SMILES string of the molecule is CCN1CC2=C(OC(N)=C(C#N)C2c2ccc(OC)c(OC)c2)/C(=C/c2ccc(OC)c(OC)c2)C1. The zero-order valence-electron chi connectivity index (χ0n) is 21.3. The Morgan fingerprint density at radius 3 is 2.22 bits per heavy atom. The Morgan fingerprint density at radius 1 is 0.972 bits per heavy atom. The summed E-state index contributed by atoms with van der Waals surface area (Å²) in [6, 6.07) is 13.7. The van der Waals surface area contributed by atoms with Crippen LogP contribution < -0.4 is 24.7 Å². The summed E-state index contributed by atoms with van der Waals surface area (Å²) in [7, 11) is 6.41. The summed E-state index contributed by atoms with van der Waals surface area (Å²) in [5, 5.41) is 10.0. The summed E-state index contributed by atoms with van der Waals surface area (Å²) in [6.07, 6.45) is 2.06. The molecule has 36 heavy (non-hydrogen) atoms. The van der Waals surface area contributed by atoms with E-state index in [-0.39, 0.29) is 11.8 Å². The van der Waals surface area contributed by atoms with Crippen LogP contribution in [0.25, 0.3) is 6.08 Å². The lowest BCUT2D eigenvalue weighted by Gasteiger charge is -2.38. The largest absolute Gasteiger partial charge is 0.493 e. The molecule has 2 aliphatic rings. The molecule has 8 nitrogen and oxygen atoms in total. The number of benzene rings is 2. The number of allylic oxidation sites excluding steroid dienone is 1. The van der Waals surface area contributed by atoms with Crippen LogP contribution in [0.1, 0.15) is 24.0 Å². The first-order valence-electron chi connectivity index (χ1n) is 11.7. The van der Waals surface area contributed by atoms with Crippen molar-refractivity contribution >= 4 is 6.08 Å². The monoisotopic (exact) mass is 489 g/mol. The van der Waals surface area contributed by atoms with E-state index in [9.17, 15) is 5.26 Å². The maximum absolute atomic E-state index is 10.0. The molecule has 188 valence electrons. The number of nitrogens with two attached hydrogens (primary N) is 1. The molecule has 4 rings (SSSR count). The summed E-state index contributed by atoms with van der Waals surface area (Å²) in [5.41, 5.74) is 10.5. The van der Waals surface area contributed by atoms with Crippen molar-refractivity contribution in [2.24, 2.45) is 5.73 Å². The minimum Gasteiger partial charge on any atom is -0.493 e. The Labute approximate surface area is 211 Å². The fourth-order valence-electron chi connectivity index (χ4n) is 4.72. The molecule has 0 radical (unpaired) electrons. The molecule has 0 aliphatic carbocycles. The zero-order valence-corrected chi connectivity index (χ0v) is 21.3. The van der Waals surface area contributed by atoms with E-state index < -0.39 is 0 Å². The highest BCUT2D eigenvalue weighted by atomic mass is 16.5. The summed E-state index contributed by atoms with van der Waals surface area (Å²) in [4.78, 5) is 2.30. The fraction of sp³-hybridized carbons (Fsp3) is 0.321. The van der Waals surface area contributed by atoms with Gasteiger partial charge in [-0.3, -0.25) is 4.90 Å². The van der Waals surface area contributed by atoms with Crippen LogP contribution >= 0.6 is 0 Å². The molecule has 2 aliphatic heterocycles. The van der Waals surface area contributed by atoms with E-state index in [1.54, 1.807) is 28.4 Å². The molecule has 2 N–H and O–H groups in total. The van der Waals surface area contributed by atoms with Gasteiger partial charge in [0.2, 0.25) is 5.88 Å². The van der Waals surface area contributed by atoms with Gasteiger partial charge in [0, 0.05) is 18.7 Å². The molecule has 2 aromatic rings. The summed E-state index contributed by atoms with van der Waals surface area (Å²) in [6.45, 7) is 4.27. The molecule has 0 amide bonds. The van der Waals surface area contributed by atoms with Gasteiger partial charge in [-0.15, -0.1) is 0 Å². The van der Waals surface area contributed by atoms with Crippen molar-refractivity contribution in [1.29, 1.82) is 5.26 Å². The van der Waals surface area contributed by atoms with E-state index >= 15 is 0 Å². The zero-order chi connectivity index (χ0) is 25.8. The van der Waals surface area contributed by atoms with E-state index in [1.807, 2.05) is 36.4 Å². The molecular weight excluding hydrogens is 458 g/mol. The average Bonchev–Trinajstić information content (AvgIpc) is 2.91. The summed E-state index contributed by atoms with van der Waals surface area (Å²) in [5.74, 6) is 2.94. The Balaban J connectivity index is 1.87. The lowest BCUT2D eigenvalue weighted by atomic mass is 9.80. The average molecular weight is 490 g/mol. The quantitative estimate of drug-likeness (QED) is 0.618. The predicted molar refractivity (Wildman–Crippen MR) is 137 cm³/mol. The highest BCUT2D eigenvalue weighted by Gasteiger charge is 2.37. The molecule has 1 atom stereocenters. The third-order valence-corrected chi connectivity index (χ3v) is 6.54. The second-order valence-corrected chi connectivity index (χ2v) is 8.48. The molecule has 8 heteroatoms. The van der Waals surface area contributed by atoms with Crippen molar-refractivity contribution in [2.45, 2.75) is 12.8 Å². The lowest BCUT2D eigenvalue weighted by Crippen LogP contribution is -2.38. The molecule has 1 unspecified atom stereocenters. The number of hydrogen-bond acceptors (Lipinski definition) is 8. The molecule has 0 aromatic heterocycles. The van der Waals surface area contributed by atoms with Gasteiger partial charge in [-0.05, 0) is 53.6 Å². The predicted octanol–water partition coefficient (Wildman–Crippen LogP) is 4.20. The molecule has 0 saturated carbocycles. The van der Waals surface area contributed by atoms with Crippen molar-refractivity contribution in [3.63, 3.8) is 0 Å². The van der Waals surface area contributed by atoms with Crippen LogP contribution in [0.2, 0.25) is 0 Å². The van der Waals surface area contributed by atoms with Gasteiger partial charge in [0.15, 0.2) is 23.0 Å². The van der Waals surface area contributed by atoms with Gasteiger partial charge < -0.3 is 29.4 Å². The van der Waals surface area contributed by atoms with E-state index in [2.05, 4.69) is 24.0 Å². The number of ether oxygens (including phenoxy) is 5. The van der Waals surface area contributed by atoms with E-state index in [1.165, 1.54) is 0 Å². The first-order chi connectivity index (χ1) is 17.5. The number of rotatable bonds is 7. The van der Waals surface area contributed by atoms with E-state index in [4.69, 9.17) is 29.4 Å². The van der Waals surface area contributed by atoms with Gasteiger partial charge in [0.25, 0.3) is 0 Å². The minimum absolute atomic E-state index is 0.110. The molecule has 0 bridgehead atoms. The van der Waals surface area contributed by atoms with Crippen molar-refractivity contribution in [3.8, 4) is 29.1 Å². The van der Waals surface area contributed by atoms with Gasteiger partial charge in [-0.1, -0.05) is 19.1 Å². The smallest absolute Gasteiger partial charge is 0.205 e. The highest BCUT2D eigenvalue weighted by Crippen LogP contribution is 2.45. The van der Waals surface area contributed by atoms with E-state index in [0.717, 1.165) is 28.8 Å². The van der Waals surface area contributed by atoms with Gasteiger partial charge in [-0.2, -0.15) is 5.26 Å². The van der Waals surface area contributed by atoms with Crippen molar-refractivity contribution < 1.29 is 23.7 Å². The summed E-state index contributed by atoms with van der Waals surface area (Å²) < 4.78 is 27.9. The summed E-state index contributed by atoms with van der Waals surface area (Å²) >= 11 is 0. The standard InChI is InChI=1S/C28H31N3O5/c1-6-31-15-19(11-17-7-9-22(32-2)24(12-17)34-4)27-21(16-31)26(20(14-29)28(30)36-27)18-8-10-23(33-3)25(13-18)35-5/h7-13,26H,6,15-16,30H2,1-5H3/b19-11+. The van der Waals surface area contributed by atoms with Gasteiger partial charge in [0.1, 0.15) is 17.4 Å². The molecule has 2 heterocycles. The Morgan fingerprint density at radius 2 is 1.61 bits per heavy atom. The number of nitrogens with zero attached hydrogens (tertiary/aromatic N) is 2. The third kappa shape index (κ3) is 4.58. The van der Waals surface area contributed by atoms with Crippen LogP contribution in [0.4, 0.5) is 0 Å². The number of nitriles is 1. The number of likely N-dealkylation sites (N-methyl/N-ethyl adjacent to an activating group) is 1. The molecule has 2 aromatic carbocycles. The first-order valence-corrected chi connectivity index (χ1v) is 11.7. The Bertz CT molecular complexity index is 1290. The van der Waals surface area contributed by atoms with Crippen molar-refractivity contribution in [1.82, 2.24) is 4.90 Å². The van der Waals surface area contributed by atoms with Crippen LogP contribution in [0.15, 0.2) is 64.8 Å². The van der Waals surface area contributed by atoms with Crippen LogP contribution in [-0.2, 0) is 4.74 Å². The maximum Gasteiger partial charge on any atom is 0.205 e. The van der Waals surface area contributed by atoms with Crippen LogP contribution in [0.3, 0.4) is 0 Å². The molecule has 0 saturated heterocycles. The molecule has 0 spiro atoms. The third-order valence-electron chi connectivity index (χ3n) is 6.54. The van der Waals surface area contributed by atoms with Crippen molar-refractivity contribution in [2.75, 3.05) is 48.1 Å². The van der Waals surface area contributed by atoms with E-state index in [0.29, 0.717) is 47.4 Å². The second kappa shape index (κ2) is 10.7. The highest BCUT2D eigenvalue weighted by molar-refractivity contribution is 5.65. The van der Waals surface area contributed by atoms with Gasteiger partial charge in [0.05, 0.1) is 34.4 Å². The first kappa shape index (κ1) is 25.0. The molecular formula is C28H31N3O5. The number of hydrogen-bond donors (Lipinski definition) is 1.